The van der Waals surface area contributed by atoms with Gasteiger partial charge in [-0.1, -0.05) is 18.6 Å². The molecule has 9 heteroatoms. The second-order valence-electron chi connectivity index (χ2n) is 8.34. The minimum atomic E-state index is -3.40. The predicted octanol–water partition coefficient (Wildman–Crippen LogP) is 2.87. The van der Waals surface area contributed by atoms with E-state index in [-0.39, 0.29) is 29.5 Å². The number of benzene rings is 1. The summed E-state index contributed by atoms with van der Waals surface area (Å²) in [6.07, 6.45) is 3.88. The van der Waals surface area contributed by atoms with Crippen molar-refractivity contribution in [3.63, 3.8) is 0 Å². The summed E-state index contributed by atoms with van der Waals surface area (Å²) >= 11 is 0. The highest BCUT2D eigenvalue weighted by Crippen LogP contribution is 2.20. The van der Waals surface area contributed by atoms with Gasteiger partial charge in [0, 0.05) is 32.7 Å². The lowest BCUT2D eigenvalue weighted by atomic mass is 9.98. The highest BCUT2D eigenvalue weighted by molar-refractivity contribution is 14.0. The van der Waals surface area contributed by atoms with Crippen molar-refractivity contribution < 1.29 is 8.42 Å². The molecule has 0 aromatic heterocycles. The predicted molar refractivity (Wildman–Crippen MR) is 135 cm³/mol. The second kappa shape index (κ2) is 12.2. The summed E-state index contributed by atoms with van der Waals surface area (Å²) in [4.78, 5) is 7.52. The van der Waals surface area contributed by atoms with Crippen LogP contribution < -0.4 is 10.6 Å². The smallest absolute Gasteiger partial charge is 0.242 e. The zero-order valence-electron chi connectivity index (χ0n) is 18.9. The van der Waals surface area contributed by atoms with Crippen molar-refractivity contribution in [2.75, 3.05) is 40.3 Å². The molecule has 1 fully saturated rings. The standard InChI is InChI=1S/C21H37N5O2S.HI/c1-6-22-20(24-17-21(2,3)26-14-8-7-9-15-26)23-16-18-10-12-19(13-11-18)29(27,28)25(4)5;/h10-13H,6-9,14-17H2,1-5H3,(H2,22,23,24);1H. The molecule has 1 saturated heterocycles. The Hall–Kier alpha value is -0.910. The van der Waals surface area contributed by atoms with E-state index in [9.17, 15) is 8.42 Å². The lowest BCUT2D eigenvalue weighted by Gasteiger charge is -2.41. The van der Waals surface area contributed by atoms with E-state index in [0.717, 1.165) is 37.7 Å². The Morgan fingerprint density at radius 3 is 2.23 bits per heavy atom. The fourth-order valence-corrected chi connectivity index (χ4v) is 4.30. The molecule has 30 heavy (non-hydrogen) atoms. The Kier molecular flexibility index (Phi) is 11.0. The van der Waals surface area contributed by atoms with Crippen LogP contribution in [0.1, 0.15) is 45.6 Å². The van der Waals surface area contributed by atoms with Crippen LogP contribution >= 0.6 is 24.0 Å². The highest BCUT2D eigenvalue weighted by Gasteiger charge is 2.27. The Morgan fingerprint density at radius 2 is 1.70 bits per heavy atom. The lowest BCUT2D eigenvalue weighted by Crippen LogP contribution is -2.54. The van der Waals surface area contributed by atoms with Gasteiger partial charge in [0.2, 0.25) is 10.0 Å². The number of guanidine groups is 1. The van der Waals surface area contributed by atoms with Crippen LogP contribution in [0, 0.1) is 0 Å². The minimum Gasteiger partial charge on any atom is -0.357 e. The molecule has 0 aliphatic carbocycles. The van der Waals surface area contributed by atoms with Gasteiger partial charge in [-0.25, -0.2) is 17.7 Å². The molecule has 0 spiro atoms. The summed E-state index contributed by atoms with van der Waals surface area (Å²) in [6.45, 7) is 11.0. The number of nitrogens with one attached hydrogen (secondary N) is 2. The van der Waals surface area contributed by atoms with Gasteiger partial charge in [0.15, 0.2) is 5.96 Å². The van der Waals surface area contributed by atoms with Crippen LogP contribution in [-0.4, -0.2) is 69.4 Å². The Balaban J connectivity index is 0.00000450. The summed E-state index contributed by atoms with van der Waals surface area (Å²) in [5.41, 5.74) is 1.04. The largest absolute Gasteiger partial charge is 0.357 e. The van der Waals surface area contributed by atoms with Crippen LogP contribution in [0.4, 0.5) is 0 Å². The van der Waals surface area contributed by atoms with Crippen molar-refractivity contribution in [3.8, 4) is 0 Å². The molecule has 0 amide bonds. The van der Waals surface area contributed by atoms with Crippen LogP contribution in [0.2, 0.25) is 0 Å². The monoisotopic (exact) mass is 551 g/mol. The number of aliphatic imine (C=N–C) groups is 1. The van der Waals surface area contributed by atoms with E-state index in [0.29, 0.717) is 11.4 Å². The molecule has 1 heterocycles. The van der Waals surface area contributed by atoms with E-state index >= 15 is 0 Å². The molecule has 0 unspecified atom stereocenters. The van der Waals surface area contributed by atoms with Gasteiger partial charge < -0.3 is 10.6 Å². The average molecular weight is 552 g/mol. The lowest BCUT2D eigenvalue weighted by molar-refractivity contribution is 0.0982. The highest BCUT2D eigenvalue weighted by atomic mass is 127. The van der Waals surface area contributed by atoms with Crippen LogP contribution in [0.15, 0.2) is 34.2 Å². The van der Waals surface area contributed by atoms with Gasteiger partial charge >= 0.3 is 0 Å². The van der Waals surface area contributed by atoms with Gasteiger partial charge in [-0.2, -0.15) is 0 Å². The molecule has 2 rings (SSSR count). The molecule has 0 radical (unpaired) electrons. The van der Waals surface area contributed by atoms with E-state index in [2.05, 4.69) is 34.4 Å². The second-order valence-corrected chi connectivity index (χ2v) is 10.5. The number of sulfonamides is 1. The van der Waals surface area contributed by atoms with Crippen molar-refractivity contribution in [3.05, 3.63) is 29.8 Å². The van der Waals surface area contributed by atoms with E-state index < -0.39 is 10.0 Å². The maximum absolute atomic E-state index is 12.2. The third-order valence-corrected chi connectivity index (χ3v) is 7.20. The number of likely N-dealkylation sites (tertiary alicyclic amines) is 1. The quantitative estimate of drug-likeness (QED) is 0.295. The topological polar surface area (TPSA) is 77.0 Å². The van der Waals surface area contributed by atoms with E-state index in [4.69, 9.17) is 0 Å². The van der Waals surface area contributed by atoms with Crippen molar-refractivity contribution >= 4 is 40.0 Å². The van der Waals surface area contributed by atoms with E-state index in [1.54, 1.807) is 12.1 Å². The zero-order chi connectivity index (χ0) is 21.5. The third kappa shape index (κ3) is 7.65. The molecule has 1 aromatic rings. The number of rotatable bonds is 8. The summed E-state index contributed by atoms with van der Waals surface area (Å²) in [5.74, 6) is 0.780. The van der Waals surface area contributed by atoms with Crippen molar-refractivity contribution in [1.29, 1.82) is 0 Å². The maximum atomic E-state index is 12.2. The van der Waals surface area contributed by atoms with E-state index in [1.807, 2.05) is 19.1 Å². The molecule has 1 aliphatic heterocycles. The molecule has 7 nitrogen and oxygen atoms in total. The van der Waals surface area contributed by atoms with Gasteiger partial charge in [0.1, 0.15) is 0 Å². The first kappa shape index (κ1) is 27.1. The number of piperidine rings is 1. The maximum Gasteiger partial charge on any atom is 0.242 e. The summed E-state index contributed by atoms with van der Waals surface area (Å²) in [7, 11) is -0.331. The number of halogens is 1. The summed E-state index contributed by atoms with van der Waals surface area (Å²) in [5, 5.41) is 6.77. The fourth-order valence-electron chi connectivity index (χ4n) is 3.40. The Morgan fingerprint density at radius 1 is 1.10 bits per heavy atom. The first-order valence-corrected chi connectivity index (χ1v) is 11.9. The number of hydrogen-bond acceptors (Lipinski definition) is 4. The van der Waals surface area contributed by atoms with Gasteiger partial charge in [-0.3, -0.25) is 4.90 Å². The molecule has 1 aromatic carbocycles. The van der Waals surface area contributed by atoms with Crippen molar-refractivity contribution in [1.82, 2.24) is 19.8 Å². The molecule has 2 N–H and O–H groups in total. The van der Waals surface area contributed by atoms with E-state index in [1.165, 1.54) is 37.7 Å². The average Bonchev–Trinajstić information content (AvgIpc) is 2.71. The summed E-state index contributed by atoms with van der Waals surface area (Å²) < 4.78 is 25.6. The van der Waals surface area contributed by atoms with Crippen LogP contribution in [0.25, 0.3) is 0 Å². The fraction of sp³-hybridized carbons (Fsp3) is 0.667. The number of nitrogens with zero attached hydrogens (tertiary/aromatic N) is 3. The minimum absolute atomic E-state index is 0. The van der Waals surface area contributed by atoms with Gasteiger partial charge in [0.25, 0.3) is 0 Å². The van der Waals surface area contributed by atoms with Crippen LogP contribution in [0.3, 0.4) is 0 Å². The Labute approximate surface area is 199 Å². The third-order valence-electron chi connectivity index (χ3n) is 5.37. The van der Waals surface area contributed by atoms with Crippen LogP contribution in [0.5, 0.6) is 0 Å². The first-order valence-electron chi connectivity index (χ1n) is 10.5. The normalized spacial score (nSPS) is 16.3. The number of hydrogen-bond donors (Lipinski definition) is 2. The molecular weight excluding hydrogens is 513 g/mol. The van der Waals surface area contributed by atoms with Gasteiger partial charge in [-0.15, -0.1) is 24.0 Å². The molecular formula is C21H38IN5O2S. The molecule has 0 atom stereocenters. The first-order chi connectivity index (χ1) is 13.7. The molecule has 1 aliphatic rings. The van der Waals surface area contributed by atoms with Crippen molar-refractivity contribution in [2.24, 2.45) is 4.99 Å². The SMILES string of the molecule is CCNC(=NCc1ccc(S(=O)(=O)N(C)C)cc1)NCC(C)(C)N1CCCCC1.I. The van der Waals surface area contributed by atoms with Gasteiger partial charge in [-0.05, 0) is 64.4 Å². The van der Waals surface area contributed by atoms with Gasteiger partial charge in [0.05, 0.1) is 11.4 Å². The molecule has 0 saturated carbocycles. The molecule has 0 bridgehead atoms. The Bertz CT molecular complexity index is 773. The zero-order valence-corrected chi connectivity index (χ0v) is 22.1. The van der Waals surface area contributed by atoms with Crippen LogP contribution in [-0.2, 0) is 16.6 Å². The summed E-state index contributed by atoms with van der Waals surface area (Å²) in [6, 6.07) is 6.92. The van der Waals surface area contributed by atoms with Crippen molar-refractivity contribution in [2.45, 2.75) is 57.0 Å². The molecule has 172 valence electrons.